The van der Waals surface area contributed by atoms with E-state index in [0.29, 0.717) is 6.54 Å². The summed E-state index contributed by atoms with van der Waals surface area (Å²) in [6.45, 7) is 9.91. The fourth-order valence-corrected chi connectivity index (χ4v) is 5.27. The predicted molar refractivity (Wildman–Crippen MR) is 177 cm³/mol. The molecule has 8 heteroatoms. The Hall–Kier alpha value is -3.39. The van der Waals surface area contributed by atoms with Gasteiger partial charge in [0.15, 0.2) is 0 Å². The minimum atomic E-state index is -1.03. The van der Waals surface area contributed by atoms with Gasteiger partial charge < -0.3 is 25.4 Å². The van der Waals surface area contributed by atoms with Crippen LogP contribution in [-0.4, -0.2) is 66.6 Å². The number of para-hydroxylation sites is 1. The highest BCUT2D eigenvalue weighted by molar-refractivity contribution is 5.91. The molecule has 0 aliphatic carbocycles. The number of aryl methyl sites for hydroxylation is 3. The number of aliphatic hydroxyl groups is 1. The summed E-state index contributed by atoms with van der Waals surface area (Å²) in [4.78, 5) is 38.8. The Morgan fingerprint density at radius 2 is 1.75 bits per heavy atom. The molecule has 3 amide bonds. The molecule has 244 valence electrons. The standard InChI is InChI=1S/C28H45N3O5.C8H10/c1-6-10-23-15-14-22-12-8-11-21(26(22)36-23)13-9-16-29-25(33)17-30-27(34)24(18-32)31(5)28(35)20(4)19(3)7-2;1-2-8-6-4-3-5-7-8/h8,11-12,19-20,23-24,32H,6-7,9-10,13-18H2,1-5H3,(H,29,33)(H,30,34);3-7H,2H2,1H3. The molecule has 0 bridgehead atoms. The zero-order valence-corrected chi connectivity index (χ0v) is 27.7. The van der Waals surface area contributed by atoms with Gasteiger partial charge in [-0.25, -0.2) is 0 Å². The molecule has 0 saturated carbocycles. The highest BCUT2D eigenvalue weighted by atomic mass is 16.5. The minimum absolute atomic E-state index is 0.166. The number of nitrogens with zero attached hydrogens (tertiary/aromatic N) is 1. The average Bonchev–Trinajstić information content (AvgIpc) is 3.05. The van der Waals surface area contributed by atoms with Crippen LogP contribution < -0.4 is 15.4 Å². The van der Waals surface area contributed by atoms with Crippen molar-refractivity contribution < 1.29 is 24.2 Å². The molecule has 0 fully saturated rings. The highest BCUT2D eigenvalue weighted by Crippen LogP contribution is 2.33. The number of likely N-dealkylation sites (N-methyl/N-ethyl adjacent to an activating group) is 1. The third-order valence-electron chi connectivity index (χ3n) is 8.61. The van der Waals surface area contributed by atoms with Crippen LogP contribution in [0.3, 0.4) is 0 Å². The van der Waals surface area contributed by atoms with Crippen molar-refractivity contribution in [2.24, 2.45) is 11.8 Å². The van der Waals surface area contributed by atoms with Gasteiger partial charge in [-0.2, -0.15) is 0 Å². The van der Waals surface area contributed by atoms with Crippen LogP contribution in [0.15, 0.2) is 48.5 Å². The predicted octanol–water partition coefficient (Wildman–Crippen LogP) is 5.10. The van der Waals surface area contributed by atoms with Crippen LogP contribution >= 0.6 is 0 Å². The lowest BCUT2D eigenvalue weighted by Crippen LogP contribution is -2.53. The smallest absolute Gasteiger partial charge is 0.245 e. The molecule has 44 heavy (non-hydrogen) atoms. The number of nitrogens with one attached hydrogen (secondary N) is 2. The fourth-order valence-electron chi connectivity index (χ4n) is 5.27. The molecule has 0 radical (unpaired) electrons. The quantitative estimate of drug-likeness (QED) is 0.244. The maximum atomic E-state index is 12.7. The van der Waals surface area contributed by atoms with Gasteiger partial charge in [0, 0.05) is 19.5 Å². The van der Waals surface area contributed by atoms with Gasteiger partial charge in [0.1, 0.15) is 11.8 Å². The molecule has 1 aliphatic heterocycles. The molecule has 1 aliphatic rings. The van der Waals surface area contributed by atoms with E-state index in [2.05, 4.69) is 66.9 Å². The van der Waals surface area contributed by atoms with Crippen molar-refractivity contribution in [1.82, 2.24) is 15.5 Å². The lowest BCUT2D eigenvalue weighted by atomic mass is 9.92. The summed E-state index contributed by atoms with van der Waals surface area (Å²) in [6, 6.07) is 15.7. The summed E-state index contributed by atoms with van der Waals surface area (Å²) in [5, 5.41) is 15.1. The van der Waals surface area contributed by atoms with E-state index in [-0.39, 0.29) is 36.3 Å². The molecule has 1 heterocycles. The summed E-state index contributed by atoms with van der Waals surface area (Å²) in [5.41, 5.74) is 3.83. The van der Waals surface area contributed by atoms with Gasteiger partial charge in [0.2, 0.25) is 17.7 Å². The van der Waals surface area contributed by atoms with Gasteiger partial charge in [-0.05, 0) is 61.1 Å². The summed E-state index contributed by atoms with van der Waals surface area (Å²) >= 11 is 0. The Kier molecular flexibility index (Phi) is 16.6. The summed E-state index contributed by atoms with van der Waals surface area (Å²) in [7, 11) is 1.51. The van der Waals surface area contributed by atoms with E-state index in [4.69, 9.17) is 4.74 Å². The third-order valence-corrected chi connectivity index (χ3v) is 8.61. The van der Waals surface area contributed by atoms with Crippen molar-refractivity contribution in [2.45, 2.75) is 98.1 Å². The Morgan fingerprint density at radius 3 is 2.36 bits per heavy atom. The second kappa shape index (κ2) is 19.8. The molecule has 2 aromatic carbocycles. The molecule has 4 atom stereocenters. The van der Waals surface area contributed by atoms with Crippen molar-refractivity contribution in [3.8, 4) is 5.75 Å². The number of hydrogen-bond donors (Lipinski definition) is 3. The summed E-state index contributed by atoms with van der Waals surface area (Å²) < 4.78 is 6.27. The summed E-state index contributed by atoms with van der Waals surface area (Å²) in [5.74, 6) is -0.138. The Morgan fingerprint density at radius 1 is 1.02 bits per heavy atom. The first kappa shape index (κ1) is 36.8. The minimum Gasteiger partial charge on any atom is -0.490 e. The largest absolute Gasteiger partial charge is 0.490 e. The molecule has 0 spiro atoms. The highest BCUT2D eigenvalue weighted by Gasteiger charge is 2.31. The molecule has 4 unspecified atom stereocenters. The second-order valence-electron chi connectivity index (χ2n) is 11.8. The zero-order chi connectivity index (χ0) is 32.5. The van der Waals surface area contributed by atoms with Crippen molar-refractivity contribution in [2.75, 3.05) is 26.7 Å². The molecule has 0 saturated heterocycles. The number of hydrogen-bond acceptors (Lipinski definition) is 5. The van der Waals surface area contributed by atoms with Gasteiger partial charge in [-0.1, -0.05) is 96.0 Å². The maximum absolute atomic E-state index is 12.7. The Bertz CT molecular complexity index is 1160. The van der Waals surface area contributed by atoms with Gasteiger partial charge in [0.25, 0.3) is 0 Å². The van der Waals surface area contributed by atoms with Gasteiger partial charge in [-0.15, -0.1) is 0 Å². The van der Waals surface area contributed by atoms with E-state index in [1.165, 1.54) is 28.6 Å². The molecule has 3 N–H and O–H groups in total. The SMILES string of the molecule is CCCC1CCc2cccc(CCCNC(=O)CNC(=O)C(CO)N(C)C(=O)C(C)C(C)CC)c2O1.CCc1ccccc1. The van der Waals surface area contributed by atoms with E-state index in [9.17, 15) is 19.5 Å². The third kappa shape index (κ3) is 11.6. The lowest BCUT2D eigenvalue weighted by Gasteiger charge is -2.30. The number of carbonyl (C=O) groups excluding carboxylic acids is 3. The van der Waals surface area contributed by atoms with E-state index in [1.807, 2.05) is 26.8 Å². The number of aliphatic hydroxyl groups excluding tert-OH is 1. The van der Waals surface area contributed by atoms with Crippen LogP contribution in [0.5, 0.6) is 5.75 Å². The average molecular weight is 610 g/mol. The molecule has 3 rings (SSSR count). The monoisotopic (exact) mass is 609 g/mol. The van der Waals surface area contributed by atoms with Crippen LogP contribution in [-0.2, 0) is 33.6 Å². The number of rotatable bonds is 15. The first-order chi connectivity index (χ1) is 21.2. The molecule has 2 aromatic rings. The van der Waals surface area contributed by atoms with Crippen LogP contribution in [0.25, 0.3) is 0 Å². The number of carbonyl (C=O) groups is 3. The topological polar surface area (TPSA) is 108 Å². The van der Waals surface area contributed by atoms with Crippen molar-refractivity contribution in [3.05, 3.63) is 65.2 Å². The molecular weight excluding hydrogens is 554 g/mol. The number of ether oxygens (including phenoxy) is 1. The normalized spacial score (nSPS) is 15.8. The van der Waals surface area contributed by atoms with Crippen molar-refractivity contribution in [1.29, 1.82) is 0 Å². The zero-order valence-electron chi connectivity index (χ0n) is 27.7. The van der Waals surface area contributed by atoms with Crippen LogP contribution in [0.1, 0.15) is 83.4 Å². The van der Waals surface area contributed by atoms with Gasteiger partial charge in [0.05, 0.1) is 19.3 Å². The number of benzene rings is 2. The van der Waals surface area contributed by atoms with E-state index < -0.39 is 18.6 Å². The van der Waals surface area contributed by atoms with Gasteiger partial charge in [-0.3, -0.25) is 14.4 Å². The van der Waals surface area contributed by atoms with Crippen LogP contribution in [0, 0.1) is 11.8 Å². The fraction of sp³-hybridized carbons (Fsp3) is 0.583. The number of fused-ring (bicyclic) bond motifs is 1. The molecular formula is C36H55N3O5. The van der Waals surface area contributed by atoms with Crippen molar-refractivity contribution >= 4 is 17.7 Å². The van der Waals surface area contributed by atoms with E-state index >= 15 is 0 Å². The van der Waals surface area contributed by atoms with E-state index in [0.717, 1.165) is 57.1 Å². The second-order valence-corrected chi connectivity index (χ2v) is 11.8. The molecule has 8 nitrogen and oxygen atoms in total. The first-order valence-electron chi connectivity index (χ1n) is 16.4. The first-order valence-corrected chi connectivity index (χ1v) is 16.4. The maximum Gasteiger partial charge on any atom is 0.245 e. The summed E-state index contributed by atoms with van der Waals surface area (Å²) in [6.07, 6.45) is 8.07. The van der Waals surface area contributed by atoms with Crippen LogP contribution in [0.4, 0.5) is 0 Å². The molecule has 0 aromatic heterocycles. The van der Waals surface area contributed by atoms with Crippen molar-refractivity contribution in [3.63, 3.8) is 0 Å². The number of amides is 3. The van der Waals surface area contributed by atoms with E-state index in [1.54, 1.807) is 0 Å². The van der Waals surface area contributed by atoms with Crippen LogP contribution in [0.2, 0.25) is 0 Å². The lowest BCUT2D eigenvalue weighted by molar-refractivity contribution is -0.144. The van der Waals surface area contributed by atoms with Gasteiger partial charge >= 0.3 is 0 Å². The Balaban J connectivity index is 0.000000727. The Labute approximate surface area is 264 Å².